The molecule has 0 unspecified atom stereocenters. The summed E-state index contributed by atoms with van der Waals surface area (Å²) in [5.41, 5.74) is -1.83. The van der Waals surface area contributed by atoms with Crippen LogP contribution in [0.15, 0.2) is 16.6 Å². The van der Waals surface area contributed by atoms with Crippen LogP contribution in [0.4, 0.5) is 18.9 Å². The standard InChI is InChI=1S/C10H9BrF3NO3/c1-5(2)18-7-4-3-6(15(16)17)9(11)8(7)10(12,13)14/h3-5H,1-2H3. The van der Waals surface area contributed by atoms with E-state index in [0.717, 1.165) is 12.1 Å². The monoisotopic (exact) mass is 327 g/mol. The third-order valence-corrected chi connectivity index (χ3v) is 2.73. The topological polar surface area (TPSA) is 52.4 Å². The Labute approximate surface area is 109 Å². The summed E-state index contributed by atoms with van der Waals surface area (Å²) in [6.45, 7) is 3.13. The Morgan fingerprint density at radius 3 is 2.33 bits per heavy atom. The van der Waals surface area contributed by atoms with E-state index < -0.39 is 38.7 Å². The first-order valence-corrected chi connectivity index (χ1v) is 5.64. The third kappa shape index (κ3) is 3.12. The zero-order chi connectivity index (χ0) is 14.1. The van der Waals surface area contributed by atoms with Crippen molar-refractivity contribution in [2.75, 3.05) is 0 Å². The molecule has 0 radical (unpaired) electrons. The fourth-order valence-corrected chi connectivity index (χ4v) is 2.00. The molecule has 0 N–H and O–H groups in total. The van der Waals surface area contributed by atoms with Crippen molar-refractivity contribution in [3.63, 3.8) is 0 Å². The number of alkyl halides is 3. The van der Waals surface area contributed by atoms with E-state index in [9.17, 15) is 23.3 Å². The quantitative estimate of drug-likeness (QED) is 0.618. The van der Waals surface area contributed by atoms with Gasteiger partial charge >= 0.3 is 6.18 Å². The average Bonchev–Trinajstić information content (AvgIpc) is 2.13. The van der Waals surface area contributed by atoms with Gasteiger partial charge < -0.3 is 4.74 Å². The van der Waals surface area contributed by atoms with Crippen molar-refractivity contribution in [2.45, 2.75) is 26.1 Å². The van der Waals surface area contributed by atoms with Crippen molar-refractivity contribution >= 4 is 21.6 Å². The van der Waals surface area contributed by atoms with Crippen LogP contribution in [0.1, 0.15) is 19.4 Å². The normalized spacial score (nSPS) is 11.7. The number of halogens is 4. The number of nitro groups is 1. The van der Waals surface area contributed by atoms with E-state index in [4.69, 9.17) is 4.74 Å². The molecular weight excluding hydrogens is 319 g/mol. The largest absolute Gasteiger partial charge is 0.490 e. The van der Waals surface area contributed by atoms with Crippen molar-refractivity contribution in [3.05, 3.63) is 32.3 Å². The smallest absolute Gasteiger partial charge is 0.421 e. The van der Waals surface area contributed by atoms with E-state index >= 15 is 0 Å². The summed E-state index contributed by atoms with van der Waals surface area (Å²) in [7, 11) is 0. The van der Waals surface area contributed by atoms with Gasteiger partial charge in [-0.1, -0.05) is 0 Å². The summed E-state index contributed by atoms with van der Waals surface area (Å²) in [6.07, 6.45) is -5.21. The number of hydrogen-bond acceptors (Lipinski definition) is 3. The van der Waals surface area contributed by atoms with E-state index in [1.807, 2.05) is 0 Å². The molecule has 0 aliphatic rings. The predicted octanol–water partition coefficient (Wildman–Crippen LogP) is 4.16. The van der Waals surface area contributed by atoms with Crippen molar-refractivity contribution in [3.8, 4) is 5.75 Å². The molecule has 0 saturated heterocycles. The van der Waals surface area contributed by atoms with E-state index in [1.54, 1.807) is 13.8 Å². The second-order valence-electron chi connectivity index (χ2n) is 3.69. The maximum absolute atomic E-state index is 12.9. The lowest BCUT2D eigenvalue weighted by Crippen LogP contribution is -2.14. The lowest BCUT2D eigenvalue weighted by atomic mass is 10.1. The Bertz CT molecular complexity index is 474. The van der Waals surface area contributed by atoms with Crippen LogP contribution in [-0.2, 0) is 6.18 Å². The minimum Gasteiger partial charge on any atom is -0.490 e. The van der Waals surface area contributed by atoms with Gasteiger partial charge in [-0.3, -0.25) is 10.1 Å². The van der Waals surface area contributed by atoms with Gasteiger partial charge in [-0.2, -0.15) is 13.2 Å². The van der Waals surface area contributed by atoms with E-state index in [1.165, 1.54) is 0 Å². The first-order chi connectivity index (χ1) is 8.14. The molecule has 1 aromatic rings. The first-order valence-electron chi connectivity index (χ1n) is 4.85. The minimum absolute atomic E-state index is 0.435. The highest BCUT2D eigenvalue weighted by Gasteiger charge is 2.40. The molecule has 1 rings (SSSR count). The van der Waals surface area contributed by atoms with Gasteiger partial charge in [0.1, 0.15) is 15.8 Å². The summed E-state index contributed by atoms with van der Waals surface area (Å²) in [5.74, 6) is -0.435. The molecule has 0 aromatic heterocycles. The molecule has 0 heterocycles. The van der Waals surface area contributed by atoms with Crippen molar-refractivity contribution in [1.82, 2.24) is 0 Å². The number of benzene rings is 1. The molecule has 0 fully saturated rings. The molecule has 0 aliphatic carbocycles. The second kappa shape index (κ2) is 5.13. The number of rotatable bonds is 3. The van der Waals surface area contributed by atoms with Gasteiger partial charge in [-0.15, -0.1) is 0 Å². The Balaban J connectivity index is 3.47. The molecule has 0 saturated carbocycles. The molecule has 0 spiro atoms. The van der Waals surface area contributed by atoms with Crippen molar-refractivity contribution in [2.24, 2.45) is 0 Å². The highest BCUT2D eigenvalue weighted by Crippen LogP contribution is 2.45. The van der Waals surface area contributed by atoms with E-state index in [-0.39, 0.29) is 0 Å². The maximum atomic E-state index is 12.9. The highest BCUT2D eigenvalue weighted by atomic mass is 79.9. The van der Waals surface area contributed by atoms with Crippen LogP contribution in [0.3, 0.4) is 0 Å². The Morgan fingerprint density at radius 1 is 1.39 bits per heavy atom. The molecule has 4 nitrogen and oxygen atoms in total. The van der Waals surface area contributed by atoms with Gasteiger partial charge in [0.15, 0.2) is 0 Å². The minimum atomic E-state index is -4.74. The molecule has 8 heteroatoms. The van der Waals surface area contributed by atoms with E-state index in [0.29, 0.717) is 0 Å². The highest BCUT2D eigenvalue weighted by molar-refractivity contribution is 9.10. The third-order valence-electron chi connectivity index (χ3n) is 1.93. The fraction of sp³-hybridized carbons (Fsp3) is 0.400. The number of nitrogens with zero attached hydrogens (tertiary/aromatic N) is 1. The van der Waals surface area contributed by atoms with Gasteiger partial charge in [-0.25, -0.2) is 0 Å². The Hall–Kier alpha value is -1.31. The Morgan fingerprint density at radius 2 is 1.94 bits per heavy atom. The zero-order valence-corrected chi connectivity index (χ0v) is 11.0. The van der Waals surface area contributed by atoms with E-state index in [2.05, 4.69) is 15.9 Å². The maximum Gasteiger partial charge on any atom is 0.421 e. The fourth-order valence-electron chi connectivity index (χ4n) is 1.30. The van der Waals surface area contributed by atoms with Crippen LogP contribution in [0.25, 0.3) is 0 Å². The van der Waals surface area contributed by atoms with Crippen LogP contribution in [0.5, 0.6) is 5.75 Å². The van der Waals surface area contributed by atoms with Crippen LogP contribution < -0.4 is 4.74 Å². The van der Waals surface area contributed by atoms with Crippen LogP contribution >= 0.6 is 15.9 Å². The zero-order valence-electron chi connectivity index (χ0n) is 9.42. The molecule has 18 heavy (non-hydrogen) atoms. The summed E-state index contributed by atoms with van der Waals surface area (Å²) in [6, 6.07) is 1.92. The lowest BCUT2D eigenvalue weighted by molar-refractivity contribution is -0.386. The van der Waals surface area contributed by atoms with Crippen molar-refractivity contribution in [1.29, 1.82) is 0 Å². The molecule has 0 atom stereocenters. The molecule has 100 valence electrons. The second-order valence-corrected chi connectivity index (χ2v) is 4.49. The van der Waals surface area contributed by atoms with Gasteiger partial charge in [0.25, 0.3) is 5.69 Å². The average molecular weight is 328 g/mol. The Kier molecular flexibility index (Phi) is 4.20. The van der Waals surface area contributed by atoms with Crippen molar-refractivity contribution < 1.29 is 22.8 Å². The molecule has 0 aliphatic heterocycles. The van der Waals surface area contributed by atoms with Gasteiger partial charge in [0.05, 0.1) is 11.0 Å². The summed E-state index contributed by atoms with van der Waals surface area (Å²) < 4.78 is 43.0. The van der Waals surface area contributed by atoms with Gasteiger partial charge in [0, 0.05) is 6.07 Å². The summed E-state index contributed by atoms with van der Waals surface area (Å²) >= 11 is 2.62. The summed E-state index contributed by atoms with van der Waals surface area (Å²) in [5, 5.41) is 10.6. The van der Waals surface area contributed by atoms with Crippen LogP contribution in [-0.4, -0.2) is 11.0 Å². The number of nitro benzene ring substituents is 1. The lowest BCUT2D eigenvalue weighted by Gasteiger charge is -2.17. The first kappa shape index (κ1) is 14.7. The SMILES string of the molecule is CC(C)Oc1ccc([N+](=O)[O-])c(Br)c1C(F)(F)F. The predicted molar refractivity (Wildman–Crippen MR) is 61.6 cm³/mol. The molecule has 0 bridgehead atoms. The van der Waals surface area contributed by atoms with Crippen LogP contribution in [0, 0.1) is 10.1 Å². The molecular formula is C10H9BrF3NO3. The van der Waals surface area contributed by atoms with Gasteiger partial charge in [0.2, 0.25) is 0 Å². The molecule has 1 aromatic carbocycles. The number of ether oxygens (including phenoxy) is 1. The van der Waals surface area contributed by atoms with Crippen LogP contribution in [0.2, 0.25) is 0 Å². The van der Waals surface area contributed by atoms with Gasteiger partial charge in [-0.05, 0) is 35.8 Å². The summed E-state index contributed by atoms with van der Waals surface area (Å²) in [4.78, 5) is 9.71. The number of hydrogen-bond donors (Lipinski definition) is 0. The molecule has 0 amide bonds.